The van der Waals surface area contributed by atoms with E-state index in [0.717, 1.165) is 24.7 Å². The molecular formula is C7H12N4. The maximum absolute atomic E-state index is 4.00. The van der Waals surface area contributed by atoms with Crippen molar-refractivity contribution in [1.29, 1.82) is 0 Å². The van der Waals surface area contributed by atoms with Gasteiger partial charge in [-0.05, 0) is 13.8 Å². The fourth-order valence-corrected chi connectivity index (χ4v) is 1.46. The molecule has 0 amide bonds. The third-order valence-corrected chi connectivity index (χ3v) is 2.16. The van der Waals surface area contributed by atoms with E-state index in [-0.39, 0.29) is 0 Å². The van der Waals surface area contributed by atoms with Gasteiger partial charge in [-0.3, -0.25) is 0 Å². The lowest BCUT2D eigenvalue weighted by Crippen LogP contribution is -2.44. The van der Waals surface area contributed by atoms with E-state index in [1.54, 1.807) is 0 Å². The predicted octanol–water partition coefficient (Wildman–Crippen LogP) is 0.0392. The fourth-order valence-electron chi connectivity index (χ4n) is 1.46. The van der Waals surface area contributed by atoms with Crippen molar-refractivity contribution in [3.05, 3.63) is 11.6 Å². The molecule has 1 aromatic heterocycles. The first-order valence-corrected chi connectivity index (χ1v) is 3.88. The lowest BCUT2D eigenvalue weighted by atomic mass is 10.2. The van der Waals surface area contributed by atoms with Gasteiger partial charge < -0.3 is 9.88 Å². The van der Waals surface area contributed by atoms with Crippen molar-refractivity contribution in [2.75, 3.05) is 13.1 Å². The van der Waals surface area contributed by atoms with Crippen LogP contribution in [-0.4, -0.2) is 27.9 Å². The van der Waals surface area contributed by atoms with Crippen molar-refractivity contribution in [1.82, 2.24) is 20.1 Å². The van der Waals surface area contributed by atoms with Gasteiger partial charge in [0.1, 0.15) is 11.6 Å². The summed E-state index contributed by atoms with van der Waals surface area (Å²) in [6, 6.07) is 0.588. The van der Waals surface area contributed by atoms with Crippen LogP contribution in [0.15, 0.2) is 0 Å². The second kappa shape index (κ2) is 2.30. The van der Waals surface area contributed by atoms with Crippen molar-refractivity contribution < 1.29 is 0 Å². The van der Waals surface area contributed by atoms with E-state index in [9.17, 15) is 0 Å². The van der Waals surface area contributed by atoms with Crippen molar-refractivity contribution in [3.8, 4) is 0 Å². The molecule has 1 saturated heterocycles. The molecule has 11 heavy (non-hydrogen) atoms. The summed E-state index contributed by atoms with van der Waals surface area (Å²) < 4.78 is 2.19. The van der Waals surface area contributed by atoms with E-state index >= 15 is 0 Å². The topological polar surface area (TPSA) is 42.7 Å². The van der Waals surface area contributed by atoms with Crippen LogP contribution in [-0.2, 0) is 0 Å². The molecule has 4 nitrogen and oxygen atoms in total. The molecule has 0 aromatic carbocycles. The second-order valence-electron chi connectivity index (χ2n) is 2.98. The highest BCUT2D eigenvalue weighted by molar-refractivity contribution is 4.98. The van der Waals surface area contributed by atoms with E-state index in [0.29, 0.717) is 6.04 Å². The van der Waals surface area contributed by atoms with Crippen LogP contribution in [0.4, 0.5) is 0 Å². The van der Waals surface area contributed by atoms with Crippen molar-refractivity contribution in [2.45, 2.75) is 19.9 Å². The molecule has 1 aliphatic heterocycles. The predicted molar refractivity (Wildman–Crippen MR) is 41.4 cm³/mol. The molecule has 60 valence electrons. The Kier molecular flexibility index (Phi) is 1.42. The minimum atomic E-state index is 0.588. The SMILES string of the molecule is Cc1nnc(C)n1C1CNC1. The lowest BCUT2D eigenvalue weighted by molar-refractivity contribution is 0.333. The summed E-state index contributed by atoms with van der Waals surface area (Å²) in [6.45, 7) is 6.11. The third-order valence-electron chi connectivity index (χ3n) is 2.16. The number of aryl methyl sites for hydroxylation is 2. The number of nitrogens with zero attached hydrogens (tertiary/aromatic N) is 3. The first kappa shape index (κ1) is 6.79. The van der Waals surface area contributed by atoms with Gasteiger partial charge in [-0.25, -0.2) is 0 Å². The van der Waals surface area contributed by atoms with Gasteiger partial charge in [-0.1, -0.05) is 0 Å². The van der Waals surface area contributed by atoms with E-state index in [4.69, 9.17) is 0 Å². The van der Waals surface area contributed by atoms with E-state index in [2.05, 4.69) is 20.1 Å². The van der Waals surface area contributed by atoms with Crippen molar-refractivity contribution >= 4 is 0 Å². The van der Waals surface area contributed by atoms with Gasteiger partial charge in [0.2, 0.25) is 0 Å². The maximum atomic E-state index is 4.00. The van der Waals surface area contributed by atoms with Crippen molar-refractivity contribution in [3.63, 3.8) is 0 Å². The summed E-state index contributed by atoms with van der Waals surface area (Å²) in [6.07, 6.45) is 0. The van der Waals surface area contributed by atoms with Crippen LogP contribution < -0.4 is 5.32 Å². The Morgan fingerprint density at radius 3 is 2.18 bits per heavy atom. The van der Waals surface area contributed by atoms with Crippen LogP contribution in [0, 0.1) is 13.8 Å². The molecule has 0 saturated carbocycles. The molecule has 1 aromatic rings. The summed E-state index contributed by atoms with van der Waals surface area (Å²) >= 11 is 0. The summed E-state index contributed by atoms with van der Waals surface area (Å²) in [4.78, 5) is 0. The molecule has 1 fully saturated rings. The normalized spacial score (nSPS) is 18.4. The van der Waals surface area contributed by atoms with Gasteiger partial charge in [0.15, 0.2) is 0 Å². The molecule has 0 atom stereocenters. The van der Waals surface area contributed by atoms with Crippen molar-refractivity contribution in [2.24, 2.45) is 0 Å². The Morgan fingerprint density at radius 2 is 1.82 bits per heavy atom. The highest BCUT2D eigenvalue weighted by Gasteiger charge is 2.21. The monoisotopic (exact) mass is 152 g/mol. The molecule has 0 spiro atoms. The summed E-state index contributed by atoms with van der Waals surface area (Å²) in [5.74, 6) is 2.04. The number of aromatic nitrogens is 3. The molecule has 1 aliphatic rings. The molecule has 2 rings (SSSR count). The van der Waals surface area contributed by atoms with Crippen LogP contribution >= 0.6 is 0 Å². The summed E-state index contributed by atoms with van der Waals surface area (Å²) in [5, 5.41) is 11.2. The Hall–Kier alpha value is -0.900. The number of nitrogens with one attached hydrogen (secondary N) is 1. The van der Waals surface area contributed by atoms with Crippen LogP contribution in [0.2, 0.25) is 0 Å². The van der Waals surface area contributed by atoms with Gasteiger partial charge in [0.25, 0.3) is 0 Å². The van der Waals surface area contributed by atoms with E-state index < -0.39 is 0 Å². The minimum absolute atomic E-state index is 0.588. The molecule has 4 heteroatoms. The number of rotatable bonds is 1. The van der Waals surface area contributed by atoms with Crippen LogP contribution in [0.1, 0.15) is 17.7 Å². The number of hydrogen-bond donors (Lipinski definition) is 1. The Balaban J connectivity index is 2.33. The van der Waals surface area contributed by atoms with Gasteiger partial charge in [-0.2, -0.15) is 0 Å². The fraction of sp³-hybridized carbons (Fsp3) is 0.714. The molecule has 0 radical (unpaired) electrons. The van der Waals surface area contributed by atoms with Crippen LogP contribution in [0.5, 0.6) is 0 Å². The van der Waals surface area contributed by atoms with Gasteiger partial charge in [0, 0.05) is 13.1 Å². The van der Waals surface area contributed by atoms with Gasteiger partial charge in [-0.15, -0.1) is 10.2 Å². The first-order chi connectivity index (χ1) is 5.29. The molecular weight excluding hydrogens is 140 g/mol. The van der Waals surface area contributed by atoms with Crippen LogP contribution in [0.3, 0.4) is 0 Å². The highest BCUT2D eigenvalue weighted by atomic mass is 15.3. The van der Waals surface area contributed by atoms with E-state index in [1.165, 1.54) is 0 Å². The molecule has 2 heterocycles. The van der Waals surface area contributed by atoms with Gasteiger partial charge >= 0.3 is 0 Å². The smallest absolute Gasteiger partial charge is 0.130 e. The third kappa shape index (κ3) is 0.939. The summed E-state index contributed by atoms with van der Waals surface area (Å²) in [7, 11) is 0. The average molecular weight is 152 g/mol. The molecule has 1 N–H and O–H groups in total. The second-order valence-corrected chi connectivity index (χ2v) is 2.98. The highest BCUT2D eigenvalue weighted by Crippen LogP contribution is 2.14. The lowest BCUT2D eigenvalue weighted by Gasteiger charge is -2.29. The largest absolute Gasteiger partial charge is 0.313 e. The minimum Gasteiger partial charge on any atom is -0.313 e. The summed E-state index contributed by atoms with van der Waals surface area (Å²) in [5.41, 5.74) is 0. The Bertz CT molecular complexity index is 242. The first-order valence-electron chi connectivity index (χ1n) is 3.88. The quantitative estimate of drug-likeness (QED) is 0.617. The molecule has 0 unspecified atom stereocenters. The standard InChI is InChI=1S/C7H12N4/c1-5-9-10-6(2)11(5)7-3-8-4-7/h7-8H,3-4H2,1-2H3. The number of hydrogen-bond acceptors (Lipinski definition) is 3. The Morgan fingerprint density at radius 1 is 1.27 bits per heavy atom. The van der Waals surface area contributed by atoms with Gasteiger partial charge in [0.05, 0.1) is 6.04 Å². The zero-order chi connectivity index (χ0) is 7.84. The molecule has 0 aliphatic carbocycles. The average Bonchev–Trinajstić information content (AvgIpc) is 2.15. The maximum Gasteiger partial charge on any atom is 0.130 e. The molecule has 0 bridgehead atoms. The van der Waals surface area contributed by atoms with Crippen LogP contribution in [0.25, 0.3) is 0 Å². The zero-order valence-electron chi connectivity index (χ0n) is 6.83. The van der Waals surface area contributed by atoms with E-state index in [1.807, 2.05) is 13.8 Å². The Labute approximate surface area is 65.6 Å². The zero-order valence-corrected chi connectivity index (χ0v) is 6.83.